The fourth-order valence-corrected chi connectivity index (χ4v) is 1.52. The number of halogens is 1. The van der Waals surface area contributed by atoms with E-state index in [4.69, 9.17) is 10.5 Å². The highest BCUT2D eigenvalue weighted by molar-refractivity contribution is 9.10. The number of carbonyl (C=O) groups is 2. The number of anilines is 1. The van der Waals surface area contributed by atoms with Gasteiger partial charge in [-0.15, -0.1) is 0 Å². The number of hydrogen-bond acceptors (Lipinski definition) is 4. The first-order valence-electron chi connectivity index (χ1n) is 5.03. The molecule has 17 heavy (non-hydrogen) atoms. The standard InChI is InChI=1S/C11H13BrN2O3/c1-2-14-10(15)6-17-11(16)8-5-7(12)3-4-9(8)13/h3-5H,2,6,13H2,1H3,(H,14,15). The molecule has 0 bridgehead atoms. The largest absolute Gasteiger partial charge is 0.452 e. The second-order valence-corrected chi connectivity index (χ2v) is 4.18. The molecule has 0 aliphatic heterocycles. The van der Waals surface area contributed by atoms with Crippen LogP contribution in [-0.2, 0) is 9.53 Å². The van der Waals surface area contributed by atoms with Gasteiger partial charge in [-0.25, -0.2) is 4.79 Å². The molecule has 6 heteroatoms. The number of hydrogen-bond donors (Lipinski definition) is 2. The van der Waals surface area contributed by atoms with Gasteiger partial charge in [0.15, 0.2) is 6.61 Å². The number of likely N-dealkylation sites (N-methyl/N-ethyl adjacent to an activating group) is 1. The van der Waals surface area contributed by atoms with Crippen molar-refractivity contribution in [2.24, 2.45) is 0 Å². The van der Waals surface area contributed by atoms with E-state index in [0.29, 0.717) is 12.2 Å². The monoisotopic (exact) mass is 300 g/mol. The highest BCUT2D eigenvalue weighted by atomic mass is 79.9. The van der Waals surface area contributed by atoms with E-state index in [0.717, 1.165) is 4.47 Å². The number of carbonyl (C=O) groups excluding carboxylic acids is 2. The van der Waals surface area contributed by atoms with Crippen molar-refractivity contribution in [3.05, 3.63) is 28.2 Å². The first kappa shape index (κ1) is 13.5. The Morgan fingerprint density at radius 3 is 2.82 bits per heavy atom. The first-order chi connectivity index (χ1) is 8.04. The van der Waals surface area contributed by atoms with Gasteiger partial charge in [0.1, 0.15) is 0 Å². The summed E-state index contributed by atoms with van der Waals surface area (Å²) < 4.78 is 5.55. The third-order valence-corrected chi connectivity index (χ3v) is 2.44. The van der Waals surface area contributed by atoms with Crippen molar-refractivity contribution in [3.63, 3.8) is 0 Å². The summed E-state index contributed by atoms with van der Waals surface area (Å²) in [6.07, 6.45) is 0. The van der Waals surface area contributed by atoms with Crippen molar-refractivity contribution >= 4 is 33.5 Å². The van der Waals surface area contributed by atoms with Crippen LogP contribution in [0.2, 0.25) is 0 Å². The minimum absolute atomic E-state index is 0.240. The van der Waals surface area contributed by atoms with Gasteiger partial charge in [-0.1, -0.05) is 15.9 Å². The normalized spacial score (nSPS) is 9.76. The van der Waals surface area contributed by atoms with E-state index in [2.05, 4.69) is 21.2 Å². The van der Waals surface area contributed by atoms with Gasteiger partial charge >= 0.3 is 5.97 Å². The minimum Gasteiger partial charge on any atom is -0.452 e. The van der Waals surface area contributed by atoms with Crippen LogP contribution in [0.15, 0.2) is 22.7 Å². The molecule has 1 amide bonds. The quantitative estimate of drug-likeness (QED) is 0.649. The van der Waals surface area contributed by atoms with Crippen molar-refractivity contribution in [1.29, 1.82) is 0 Å². The number of nitrogen functional groups attached to an aromatic ring is 1. The Hall–Kier alpha value is -1.56. The molecule has 0 radical (unpaired) electrons. The third-order valence-electron chi connectivity index (χ3n) is 1.94. The van der Waals surface area contributed by atoms with E-state index in [-0.39, 0.29) is 18.1 Å². The smallest absolute Gasteiger partial charge is 0.340 e. The van der Waals surface area contributed by atoms with Gasteiger partial charge in [0.25, 0.3) is 5.91 Å². The van der Waals surface area contributed by atoms with Gasteiger partial charge < -0.3 is 15.8 Å². The van der Waals surface area contributed by atoms with Crippen LogP contribution in [-0.4, -0.2) is 25.0 Å². The summed E-state index contributed by atoms with van der Waals surface area (Å²) >= 11 is 3.23. The molecule has 1 aromatic carbocycles. The van der Waals surface area contributed by atoms with Crippen molar-refractivity contribution in [3.8, 4) is 0 Å². The summed E-state index contributed by atoms with van der Waals surface area (Å²) in [5.74, 6) is -0.954. The molecule has 0 unspecified atom stereocenters. The Labute approximate surface area is 107 Å². The predicted octanol–water partition coefficient (Wildman–Crippen LogP) is 1.32. The van der Waals surface area contributed by atoms with E-state index in [1.807, 2.05) is 0 Å². The van der Waals surface area contributed by atoms with E-state index in [1.165, 1.54) is 0 Å². The Morgan fingerprint density at radius 2 is 2.18 bits per heavy atom. The Bertz CT molecular complexity index is 435. The molecule has 1 rings (SSSR count). The molecule has 1 aromatic rings. The fourth-order valence-electron chi connectivity index (χ4n) is 1.16. The second-order valence-electron chi connectivity index (χ2n) is 3.26. The number of rotatable bonds is 4. The van der Waals surface area contributed by atoms with Gasteiger partial charge in [0.05, 0.1) is 5.56 Å². The van der Waals surface area contributed by atoms with Crippen LogP contribution in [0.25, 0.3) is 0 Å². The molecule has 0 heterocycles. The number of nitrogens with two attached hydrogens (primary N) is 1. The highest BCUT2D eigenvalue weighted by Crippen LogP contribution is 2.19. The number of nitrogens with one attached hydrogen (secondary N) is 1. The summed E-state index contributed by atoms with van der Waals surface area (Å²) in [7, 11) is 0. The predicted molar refractivity (Wildman–Crippen MR) is 67.5 cm³/mol. The molecular weight excluding hydrogens is 288 g/mol. The molecule has 0 fully saturated rings. The summed E-state index contributed by atoms with van der Waals surface area (Å²) in [6, 6.07) is 4.86. The average Bonchev–Trinajstić information content (AvgIpc) is 2.29. The zero-order chi connectivity index (χ0) is 12.8. The molecule has 0 atom stereocenters. The molecule has 0 aliphatic rings. The number of esters is 1. The first-order valence-corrected chi connectivity index (χ1v) is 5.82. The number of amides is 1. The summed E-state index contributed by atoms with van der Waals surface area (Å²) in [4.78, 5) is 22.7. The SMILES string of the molecule is CCNC(=O)COC(=O)c1cc(Br)ccc1N. The van der Waals surface area contributed by atoms with Crippen molar-refractivity contribution in [1.82, 2.24) is 5.32 Å². The lowest BCUT2D eigenvalue weighted by atomic mass is 10.2. The lowest BCUT2D eigenvalue weighted by molar-refractivity contribution is -0.124. The van der Waals surface area contributed by atoms with Crippen LogP contribution < -0.4 is 11.1 Å². The average molecular weight is 301 g/mol. The van der Waals surface area contributed by atoms with Gasteiger partial charge in [-0.2, -0.15) is 0 Å². The van der Waals surface area contributed by atoms with Crippen LogP contribution >= 0.6 is 15.9 Å². The van der Waals surface area contributed by atoms with Crippen molar-refractivity contribution in [2.75, 3.05) is 18.9 Å². The third kappa shape index (κ3) is 4.07. The van der Waals surface area contributed by atoms with Crippen LogP contribution in [0.5, 0.6) is 0 Å². The highest BCUT2D eigenvalue weighted by Gasteiger charge is 2.13. The molecule has 0 saturated heterocycles. The van der Waals surface area contributed by atoms with Crippen LogP contribution in [0.3, 0.4) is 0 Å². The molecular formula is C11H13BrN2O3. The molecule has 92 valence electrons. The summed E-state index contributed by atoms with van der Waals surface area (Å²) in [5, 5.41) is 2.52. The van der Waals surface area contributed by atoms with Crippen LogP contribution in [0, 0.1) is 0 Å². The van der Waals surface area contributed by atoms with Gasteiger partial charge in [-0.05, 0) is 25.1 Å². The summed E-state index contributed by atoms with van der Waals surface area (Å²) in [5.41, 5.74) is 6.19. The maximum Gasteiger partial charge on any atom is 0.340 e. The zero-order valence-electron chi connectivity index (χ0n) is 9.33. The molecule has 0 aliphatic carbocycles. The van der Waals surface area contributed by atoms with E-state index in [1.54, 1.807) is 25.1 Å². The maximum absolute atomic E-state index is 11.6. The fraction of sp³-hybridized carbons (Fsp3) is 0.273. The van der Waals surface area contributed by atoms with E-state index >= 15 is 0 Å². The number of ether oxygens (including phenoxy) is 1. The lowest BCUT2D eigenvalue weighted by Gasteiger charge is -2.07. The summed E-state index contributed by atoms with van der Waals surface area (Å²) in [6.45, 7) is 1.97. The zero-order valence-corrected chi connectivity index (χ0v) is 10.9. The van der Waals surface area contributed by atoms with Gasteiger partial charge in [-0.3, -0.25) is 4.79 Å². The minimum atomic E-state index is -0.616. The molecule has 3 N–H and O–H groups in total. The van der Waals surface area contributed by atoms with Crippen molar-refractivity contribution < 1.29 is 14.3 Å². The Morgan fingerprint density at radius 1 is 1.47 bits per heavy atom. The molecule has 0 spiro atoms. The molecule has 0 aromatic heterocycles. The molecule has 5 nitrogen and oxygen atoms in total. The topological polar surface area (TPSA) is 81.4 Å². The van der Waals surface area contributed by atoms with Crippen LogP contribution in [0.4, 0.5) is 5.69 Å². The second kappa shape index (κ2) is 6.24. The van der Waals surface area contributed by atoms with Gasteiger partial charge in [0.2, 0.25) is 0 Å². The maximum atomic E-state index is 11.6. The Balaban J connectivity index is 2.64. The molecule has 0 saturated carbocycles. The van der Waals surface area contributed by atoms with Crippen LogP contribution in [0.1, 0.15) is 17.3 Å². The number of benzene rings is 1. The van der Waals surface area contributed by atoms with E-state index in [9.17, 15) is 9.59 Å². The van der Waals surface area contributed by atoms with E-state index < -0.39 is 5.97 Å². The van der Waals surface area contributed by atoms with Gasteiger partial charge in [0, 0.05) is 16.7 Å². The van der Waals surface area contributed by atoms with Crippen molar-refractivity contribution in [2.45, 2.75) is 6.92 Å². The lowest BCUT2D eigenvalue weighted by Crippen LogP contribution is -2.28. The Kier molecular flexibility index (Phi) is 4.96.